The Bertz CT molecular complexity index is 632. The van der Waals surface area contributed by atoms with Crippen LogP contribution in [-0.4, -0.2) is 60.4 Å². The fourth-order valence-electron chi connectivity index (χ4n) is 4.42. The molecular formula is C21H31N3O2. The molecule has 1 heterocycles. The maximum Gasteiger partial charge on any atom is 0.254 e. The molecule has 0 bridgehead atoms. The third-order valence-electron chi connectivity index (χ3n) is 5.84. The molecule has 5 heteroatoms. The van der Waals surface area contributed by atoms with Crippen molar-refractivity contribution >= 4 is 11.8 Å². The Hall–Kier alpha value is -1.88. The first-order chi connectivity index (χ1) is 12.6. The SMILES string of the molecule is CCNC(=O)[C@@H](C1CCCC1)N1CCN(C(=O)c2ccccc2C)CC1. The number of amides is 2. The molecule has 3 rings (SSSR count). The summed E-state index contributed by atoms with van der Waals surface area (Å²) in [5.74, 6) is 0.733. The minimum absolute atomic E-state index is 0.0341. The quantitative estimate of drug-likeness (QED) is 0.881. The molecule has 2 amide bonds. The fraction of sp³-hybridized carbons (Fsp3) is 0.619. The minimum atomic E-state index is -0.0341. The molecule has 142 valence electrons. The first-order valence-electron chi connectivity index (χ1n) is 9.98. The predicted molar refractivity (Wildman–Crippen MR) is 103 cm³/mol. The molecule has 2 aliphatic rings. The molecule has 1 aliphatic carbocycles. The highest BCUT2D eigenvalue weighted by atomic mass is 16.2. The number of hydrogen-bond donors (Lipinski definition) is 1. The molecule has 1 aliphatic heterocycles. The molecule has 26 heavy (non-hydrogen) atoms. The van der Waals surface area contributed by atoms with Crippen molar-refractivity contribution in [2.24, 2.45) is 5.92 Å². The van der Waals surface area contributed by atoms with E-state index < -0.39 is 0 Å². The number of likely N-dealkylation sites (N-methyl/N-ethyl adjacent to an activating group) is 1. The van der Waals surface area contributed by atoms with E-state index in [-0.39, 0.29) is 17.9 Å². The molecule has 0 aromatic heterocycles. The lowest BCUT2D eigenvalue weighted by atomic mass is 9.95. The third-order valence-corrected chi connectivity index (χ3v) is 5.84. The summed E-state index contributed by atoms with van der Waals surface area (Å²) < 4.78 is 0. The Labute approximate surface area is 156 Å². The average Bonchev–Trinajstić information content (AvgIpc) is 3.17. The second-order valence-electron chi connectivity index (χ2n) is 7.53. The summed E-state index contributed by atoms with van der Waals surface area (Å²) >= 11 is 0. The maximum absolute atomic E-state index is 12.8. The lowest BCUT2D eigenvalue weighted by Crippen LogP contribution is -2.58. The summed E-state index contributed by atoms with van der Waals surface area (Å²) in [7, 11) is 0. The highest BCUT2D eigenvalue weighted by Gasteiger charge is 2.37. The monoisotopic (exact) mass is 357 g/mol. The number of hydrogen-bond acceptors (Lipinski definition) is 3. The van der Waals surface area contributed by atoms with Gasteiger partial charge in [0.2, 0.25) is 5.91 Å². The van der Waals surface area contributed by atoms with Gasteiger partial charge in [-0.1, -0.05) is 31.0 Å². The first kappa shape index (κ1) is 18.9. The molecular weight excluding hydrogens is 326 g/mol. The molecule has 1 aromatic carbocycles. The number of carbonyl (C=O) groups is 2. The van der Waals surface area contributed by atoms with Crippen LogP contribution >= 0.6 is 0 Å². The molecule has 1 saturated heterocycles. The molecule has 1 atom stereocenters. The zero-order valence-electron chi connectivity index (χ0n) is 16.0. The van der Waals surface area contributed by atoms with Crippen LogP contribution in [0.4, 0.5) is 0 Å². The minimum Gasteiger partial charge on any atom is -0.355 e. The van der Waals surface area contributed by atoms with Gasteiger partial charge in [0.15, 0.2) is 0 Å². The van der Waals surface area contributed by atoms with E-state index in [2.05, 4.69) is 10.2 Å². The van der Waals surface area contributed by atoms with Crippen molar-refractivity contribution in [2.75, 3.05) is 32.7 Å². The van der Waals surface area contributed by atoms with Crippen LogP contribution in [-0.2, 0) is 4.79 Å². The highest BCUT2D eigenvalue weighted by Crippen LogP contribution is 2.31. The van der Waals surface area contributed by atoms with Crippen LogP contribution in [0.25, 0.3) is 0 Å². The zero-order chi connectivity index (χ0) is 18.5. The van der Waals surface area contributed by atoms with Crippen LogP contribution in [0.1, 0.15) is 48.5 Å². The summed E-state index contributed by atoms with van der Waals surface area (Å²) in [4.78, 5) is 29.7. The summed E-state index contributed by atoms with van der Waals surface area (Å²) in [6.45, 7) is 7.56. The Kier molecular flexibility index (Phi) is 6.30. The lowest BCUT2D eigenvalue weighted by Gasteiger charge is -2.40. The van der Waals surface area contributed by atoms with Crippen LogP contribution in [0, 0.1) is 12.8 Å². The molecule has 0 radical (unpaired) electrons. The number of nitrogens with zero attached hydrogens (tertiary/aromatic N) is 2. The van der Waals surface area contributed by atoms with Gasteiger partial charge >= 0.3 is 0 Å². The van der Waals surface area contributed by atoms with Crippen molar-refractivity contribution in [3.8, 4) is 0 Å². The fourth-order valence-corrected chi connectivity index (χ4v) is 4.42. The summed E-state index contributed by atoms with van der Waals surface area (Å²) in [6.07, 6.45) is 4.74. The van der Waals surface area contributed by atoms with Gasteiger partial charge in [0.1, 0.15) is 0 Å². The zero-order valence-corrected chi connectivity index (χ0v) is 16.0. The number of carbonyl (C=O) groups excluding carboxylic acids is 2. The van der Waals surface area contributed by atoms with Gasteiger partial charge in [0.25, 0.3) is 5.91 Å². The average molecular weight is 357 g/mol. The van der Waals surface area contributed by atoms with Gasteiger partial charge in [-0.3, -0.25) is 14.5 Å². The first-order valence-corrected chi connectivity index (χ1v) is 9.98. The van der Waals surface area contributed by atoms with Gasteiger partial charge in [0.05, 0.1) is 6.04 Å². The number of benzene rings is 1. The molecule has 2 fully saturated rings. The van der Waals surface area contributed by atoms with Crippen molar-refractivity contribution < 1.29 is 9.59 Å². The van der Waals surface area contributed by atoms with Crippen LogP contribution in [0.3, 0.4) is 0 Å². The van der Waals surface area contributed by atoms with Crippen molar-refractivity contribution in [3.63, 3.8) is 0 Å². The lowest BCUT2D eigenvalue weighted by molar-refractivity contribution is -0.129. The van der Waals surface area contributed by atoms with E-state index in [1.54, 1.807) is 0 Å². The standard InChI is InChI=1S/C21H31N3O2/c1-3-22-20(25)19(17-9-5-6-10-17)23-12-14-24(15-13-23)21(26)18-11-7-4-8-16(18)2/h4,7-8,11,17,19H,3,5-6,9-10,12-15H2,1-2H3,(H,22,25)/t19-/m1/s1. The van der Waals surface area contributed by atoms with Crippen molar-refractivity contribution in [3.05, 3.63) is 35.4 Å². The molecule has 1 saturated carbocycles. The second-order valence-corrected chi connectivity index (χ2v) is 7.53. The van der Waals surface area contributed by atoms with E-state index in [9.17, 15) is 9.59 Å². The second kappa shape index (κ2) is 8.67. The van der Waals surface area contributed by atoms with Crippen LogP contribution in [0.5, 0.6) is 0 Å². The molecule has 1 N–H and O–H groups in total. The number of rotatable bonds is 5. The number of aryl methyl sites for hydroxylation is 1. The Balaban J connectivity index is 1.65. The van der Waals surface area contributed by atoms with Gasteiger partial charge in [-0.2, -0.15) is 0 Å². The van der Waals surface area contributed by atoms with Gasteiger partial charge < -0.3 is 10.2 Å². The van der Waals surface area contributed by atoms with E-state index >= 15 is 0 Å². The van der Waals surface area contributed by atoms with Crippen molar-refractivity contribution in [1.29, 1.82) is 0 Å². The smallest absolute Gasteiger partial charge is 0.254 e. The van der Waals surface area contributed by atoms with E-state index in [1.807, 2.05) is 43.0 Å². The summed E-state index contributed by atoms with van der Waals surface area (Å²) in [5, 5.41) is 3.03. The predicted octanol–water partition coefficient (Wildman–Crippen LogP) is 2.45. The van der Waals surface area contributed by atoms with E-state index in [4.69, 9.17) is 0 Å². The van der Waals surface area contributed by atoms with Crippen molar-refractivity contribution in [2.45, 2.75) is 45.6 Å². The van der Waals surface area contributed by atoms with E-state index in [0.717, 1.165) is 37.1 Å². The Morgan fingerprint density at radius 3 is 2.38 bits per heavy atom. The highest BCUT2D eigenvalue weighted by molar-refractivity contribution is 5.95. The van der Waals surface area contributed by atoms with Gasteiger partial charge in [-0.05, 0) is 44.2 Å². The van der Waals surface area contributed by atoms with Crippen LogP contribution in [0.15, 0.2) is 24.3 Å². The molecule has 0 spiro atoms. The van der Waals surface area contributed by atoms with E-state index in [1.165, 1.54) is 12.8 Å². The number of piperazine rings is 1. The molecule has 5 nitrogen and oxygen atoms in total. The normalized spacial score (nSPS) is 20.2. The topological polar surface area (TPSA) is 52.7 Å². The Morgan fingerprint density at radius 1 is 1.12 bits per heavy atom. The van der Waals surface area contributed by atoms with Crippen molar-refractivity contribution in [1.82, 2.24) is 15.1 Å². The summed E-state index contributed by atoms with van der Waals surface area (Å²) in [6, 6.07) is 7.73. The molecule has 1 aromatic rings. The van der Waals surface area contributed by atoms with Gasteiger partial charge in [-0.25, -0.2) is 0 Å². The maximum atomic E-state index is 12.8. The number of nitrogens with one attached hydrogen (secondary N) is 1. The Morgan fingerprint density at radius 2 is 1.77 bits per heavy atom. The van der Waals surface area contributed by atoms with Crippen LogP contribution in [0.2, 0.25) is 0 Å². The van der Waals surface area contributed by atoms with E-state index in [0.29, 0.717) is 25.6 Å². The van der Waals surface area contributed by atoms with Gasteiger partial charge in [0, 0.05) is 38.3 Å². The largest absolute Gasteiger partial charge is 0.355 e. The van der Waals surface area contributed by atoms with Gasteiger partial charge in [-0.15, -0.1) is 0 Å². The molecule has 0 unspecified atom stereocenters. The van der Waals surface area contributed by atoms with Crippen LogP contribution < -0.4 is 5.32 Å². The summed E-state index contributed by atoms with van der Waals surface area (Å²) in [5.41, 5.74) is 1.81. The third kappa shape index (κ3) is 4.09.